The van der Waals surface area contributed by atoms with Crippen LogP contribution in [0.3, 0.4) is 0 Å². The van der Waals surface area contributed by atoms with Crippen molar-refractivity contribution in [1.82, 2.24) is 14.8 Å². The van der Waals surface area contributed by atoms with Gasteiger partial charge in [0, 0.05) is 42.7 Å². The molecule has 0 unspecified atom stereocenters. The molecule has 0 saturated carbocycles. The van der Waals surface area contributed by atoms with Crippen molar-refractivity contribution in [2.75, 3.05) is 32.8 Å². The number of nitrogens with zero attached hydrogens (tertiary/aromatic N) is 3. The van der Waals surface area contributed by atoms with Gasteiger partial charge in [-0.2, -0.15) is 0 Å². The highest BCUT2D eigenvalue weighted by molar-refractivity contribution is 6.35. The summed E-state index contributed by atoms with van der Waals surface area (Å²) in [6.45, 7) is 8.01. The van der Waals surface area contributed by atoms with E-state index in [1.807, 2.05) is 43.3 Å². The summed E-state index contributed by atoms with van der Waals surface area (Å²) in [5, 5.41) is 1.37. The van der Waals surface area contributed by atoms with Crippen molar-refractivity contribution in [2.24, 2.45) is 0 Å². The third-order valence-corrected chi connectivity index (χ3v) is 5.99. The highest BCUT2D eigenvalue weighted by Gasteiger charge is 2.26. The van der Waals surface area contributed by atoms with Crippen LogP contribution in [0.4, 0.5) is 4.79 Å². The molecule has 2 amide bonds. The molecule has 1 aliphatic heterocycles. The quantitative estimate of drug-likeness (QED) is 0.501. The molecule has 6 nitrogen and oxygen atoms in total. The molecule has 1 saturated heterocycles. The van der Waals surface area contributed by atoms with Crippen LogP contribution in [0.25, 0.3) is 28.2 Å². The number of carbonyl (C=O) groups excluding carboxylic acids is 2. The average molecular weight is 464 g/mol. The number of rotatable bonds is 5. The number of ether oxygens (including phenoxy) is 1. The Labute approximate surface area is 198 Å². The number of hydrogen-bond donors (Lipinski definition) is 0. The second kappa shape index (κ2) is 10.0. The predicted octanol–water partition coefficient (Wildman–Crippen LogP) is 5.50. The Kier molecular flexibility index (Phi) is 6.94. The number of piperazine rings is 1. The van der Waals surface area contributed by atoms with Gasteiger partial charge in [0.2, 0.25) is 0 Å². The highest BCUT2D eigenvalue weighted by Crippen LogP contribution is 2.29. The van der Waals surface area contributed by atoms with E-state index in [-0.39, 0.29) is 12.0 Å². The molecule has 0 N–H and O–H groups in total. The predicted molar refractivity (Wildman–Crippen MR) is 131 cm³/mol. The molecule has 0 aliphatic carbocycles. The Morgan fingerprint density at radius 1 is 1.09 bits per heavy atom. The fraction of sp³-hybridized carbons (Fsp3) is 0.269. The fourth-order valence-corrected chi connectivity index (χ4v) is 4.11. The SMILES string of the molecule is C=Cc1cccc(-c2cc(Cl)c3ccc(C(=O)N4CCN(C(=O)OCCC)CC4)cc3n2)c1. The number of hydrogen-bond acceptors (Lipinski definition) is 4. The molecule has 2 aromatic carbocycles. The molecule has 1 aromatic heterocycles. The molecule has 4 rings (SSSR count). The minimum absolute atomic E-state index is 0.0875. The summed E-state index contributed by atoms with van der Waals surface area (Å²) in [4.78, 5) is 33.4. The molecular weight excluding hydrogens is 438 g/mol. The number of amides is 2. The lowest BCUT2D eigenvalue weighted by Gasteiger charge is -2.34. The van der Waals surface area contributed by atoms with Gasteiger partial charge in [-0.05, 0) is 36.2 Å². The summed E-state index contributed by atoms with van der Waals surface area (Å²) in [5.41, 5.74) is 3.87. The van der Waals surface area contributed by atoms with Crippen LogP contribution in [0.15, 0.2) is 55.1 Å². The number of carbonyl (C=O) groups is 2. The Balaban J connectivity index is 1.54. The van der Waals surface area contributed by atoms with Crippen LogP contribution in [-0.2, 0) is 4.74 Å². The van der Waals surface area contributed by atoms with E-state index in [4.69, 9.17) is 21.3 Å². The normalized spacial score (nSPS) is 13.8. The first-order valence-corrected chi connectivity index (χ1v) is 11.4. The van der Waals surface area contributed by atoms with Gasteiger partial charge in [-0.15, -0.1) is 0 Å². The number of fused-ring (bicyclic) bond motifs is 1. The third-order valence-electron chi connectivity index (χ3n) is 5.68. The van der Waals surface area contributed by atoms with E-state index in [1.54, 1.807) is 28.0 Å². The highest BCUT2D eigenvalue weighted by atomic mass is 35.5. The minimum Gasteiger partial charge on any atom is -0.449 e. The number of benzene rings is 2. The first kappa shape index (κ1) is 22.8. The van der Waals surface area contributed by atoms with Gasteiger partial charge in [0.25, 0.3) is 5.91 Å². The topological polar surface area (TPSA) is 62.7 Å². The summed E-state index contributed by atoms with van der Waals surface area (Å²) in [7, 11) is 0. The van der Waals surface area contributed by atoms with Crippen LogP contribution in [0.2, 0.25) is 5.02 Å². The monoisotopic (exact) mass is 463 g/mol. The molecule has 0 bridgehead atoms. The van der Waals surface area contributed by atoms with Crippen LogP contribution in [0, 0.1) is 0 Å². The zero-order valence-electron chi connectivity index (χ0n) is 18.6. The lowest BCUT2D eigenvalue weighted by Crippen LogP contribution is -2.50. The van der Waals surface area contributed by atoms with E-state index in [0.29, 0.717) is 48.9 Å². The Morgan fingerprint density at radius 2 is 1.85 bits per heavy atom. The number of aromatic nitrogens is 1. The van der Waals surface area contributed by atoms with Gasteiger partial charge < -0.3 is 14.5 Å². The minimum atomic E-state index is -0.318. The first-order valence-electron chi connectivity index (χ1n) is 11.0. The van der Waals surface area contributed by atoms with Crippen LogP contribution in [0.5, 0.6) is 0 Å². The standard InChI is InChI=1S/C26H26ClN3O3/c1-3-14-33-26(32)30-12-10-29(11-13-30)25(31)20-8-9-21-22(27)17-23(28-24(21)16-20)19-7-5-6-18(4-2)15-19/h4-9,15-17H,2-3,10-14H2,1H3. The van der Waals surface area contributed by atoms with E-state index < -0.39 is 0 Å². The molecule has 0 spiro atoms. The van der Waals surface area contributed by atoms with E-state index in [0.717, 1.165) is 28.6 Å². The zero-order chi connectivity index (χ0) is 23.4. The summed E-state index contributed by atoms with van der Waals surface area (Å²) in [6.07, 6.45) is 2.25. The van der Waals surface area contributed by atoms with Crippen molar-refractivity contribution in [1.29, 1.82) is 0 Å². The average Bonchev–Trinajstić information content (AvgIpc) is 2.86. The van der Waals surface area contributed by atoms with Crippen LogP contribution >= 0.6 is 11.6 Å². The van der Waals surface area contributed by atoms with Crippen LogP contribution in [0.1, 0.15) is 29.3 Å². The van der Waals surface area contributed by atoms with Crippen LogP contribution in [-0.4, -0.2) is 59.6 Å². The second-order valence-corrected chi connectivity index (χ2v) is 8.35. The van der Waals surface area contributed by atoms with Gasteiger partial charge in [0.15, 0.2) is 0 Å². The van der Waals surface area contributed by atoms with Crippen molar-refractivity contribution in [3.05, 3.63) is 71.3 Å². The maximum Gasteiger partial charge on any atom is 0.409 e. The molecule has 33 heavy (non-hydrogen) atoms. The maximum absolute atomic E-state index is 13.1. The third kappa shape index (κ3) is 5.01. The Hall–Kier alpha value is -3.38. The Morgan fingerprint density at radius 3 is 2.58 bits per heavy atom. The number of halogens is 1. The van der Waals surface area contributed by atoms with Crippen molar-refractivity contribution in [3.8, 4) is 11.3 Å². The van der Waals surface area contributed by atoms with E-state index in [1.165, 1.54) is 0 Å². The summed E-state index contributed by atoms with van der Waals surface area (Å²) in [6, 6.07) is 15.1. The molecule has 2 heterocycles. The van der Waals surface area contributed by atoms with E-state index in [2.05, 4.69) is 6.58 Å². The number of pyridine rings is 1. The first-order chi connectivity index (χ1) is 16.0. The van der Waals surface area contributed by atoms with E-state index in [9.17, 15) is 9.59 Å². The van der Waals surface area contributed by atoms with Gasteiger partial charge in [-0.25, -0.2) is 9.78 Å². The molecule has 1 fully saturated rings. The van der Waals surface area contributed by atoms with Crippen LogP contribution < -0.4 is 0 Å². The molecule has 0 radical (unpaired) electrons. The molecule has 3 aromatic rings. The van der Waals surface area contributed by atoms with Gasteiger partial charge in [0.05, 0.1) is 22.8 Å². The zero-order valence-corrected chi connectivity index (χ0v) is 19.3. The van der Waals surface area contributed by atoms with Gasteiger partial charge in [-0.1, -0.05) is 55.4 Å². The summed E-state index contributed by atoms with van der Waals surface area (Å²) >= 11 is 6.54. The van der Waals surface area contributed by atoms with Crippen molar-refractivity contribution in [3.63, 3.8) is 0 Å². The molecule has 7 heteroatoms. The van der Waals surface area contributed by atoms with Gasteiger partial charge in [-0.3, -0.25) is 4.79 Å². The smallest absolute Gasteiger partial charge is 0.409 e. The summed E-state index contributed by atoms with van der Waals surface area (Å²) < 4.78 is 5.19. The second-order valence-electron chi connectivity index (χ2n) is 7.94. The molecular formula is C26H26ClN3O3. The molecule has 1 aliphatic rings. The summed E-state index contributed by atoms with van der Waals surface area (Å²) in [5.74, 6) is -0.0875. The maximum atomic E-state index is 13.1. The van der Waals surface area contributed by atoms with Crippen molar-refractivity contribution >= 4 is 40.6 Å². The lowest BCUT2D eigenvalue weighted by molar-refractivity contribution is 0.0560. The molecule has 170 valence electrons. The van der Waals surface area contributed by atoms with Gasteiger partial charge >= 0.3 is 6.09 Å². The fourth-order valence-electron chi connectivity index (χ4n) is 3.85. The van der Waals surface area contributed by atoms with Crippen molar-refractivity contribution in [2.45, 2.75) is 13.3 Å². The lowest BCUT2D eigenvalue weighted by atomic mass is 10.0. The molecule has 0 atom stereocenters. The largest absolute Gasteiger partial charge is 0.449 e. The van der Waals surface area contributed by atoms with Crippen molar-refractivity contribution < 1.29 is 14.3 Å². The van der Waals surface area contributed by atoms with E-state index >= 15 is 0 Å². The Bertz CT molecular complexity index is 1200. The van der Waals surface area contributed by atoms with Gasteiger partial charge in [0.1, 0.15) is 0 Å².